The summed E-state index contributed by atoms with van der Waals surface area (Å²) in [5, 5.41) is 0. The summed E-state index contributed by atoms with van der Waals surface area (Å²) in [7, 11) is 0. The lowest BCUT2D eigenvalue weighted by Gasteiger charge is -2.41. The molecule has 2 nitrogen and oxygen atoms in total. The Morgan fingerprint density at radius 2 is 2.33 bits per heavy atom. The molecule has 1 saturated carbocycles. The minimum Gasteiger partial charge on any atom is -0.330 e. The van der Waals surface area contributed by atoms with Crippen molar-refractivity contribution < 1.29 is 0 Å². The van der Waals surface area contributed by atoms with E-state index in [2.05, 4.69) is 11.1 Å². The van der Waals surface area contributed by atoms with Crippen molar-refractivity contribution in [2.24, 2.45) is 5.73 Å². The Kier molecular flexibility index (Phi) is 1.85. The van der Waals surface area contributed by atoms with Gasteiger partial charge >= 0.3 is 0 Å². The highest BCUT2D eigenvalue weighted by atomic mass is 14.7. The topological polar surface area (TPSA) is 38.9 Å². The van der Waals surface area contributed by atoms with Gasteiger partial charge in [-0.3, -0.25) is 4.98 Å². The Hall–Kier alpha value is -0.890. The number of pyridine rings is 1. The highest BCUT2D eigenvalue weighted by Crippen LogP contribution is 2.42. The summed E-state index contributed by atoms with van der Waals surface area (Å²) in [4.78, 5) is 4.13. The lowest BCUT2D eigenvalue weighted by atomic mass is 9.65. The van der Waals surface area contributed by atoms with Crippen LogP contribution in [0.2, 0.25) is 0 Å². The molecule has 1 fully saturated rings. The molecule has 2 rings (SSSR count). The normalized spacial score (nSPS) is 20.1. The third-order valence-corrected chi connectivity index (χ3v) is 2.98. The second-order valence-corrected chi connectivity index (χ2v) is 3.58. The molecule has 1 heterocycles. The fourth-order valence-corrected chi connectivity index (χ4v) is 1.89. The second kappa shape index (κ2) is 2.87. The van der Waals surface area contributed by atoms with Gasteiger partial charge in [0.2, 0.25) is 0 Å². The molecule has 0 aromatic carbocycles. The summed E-state index contributed by atoms with van der Waals surface area (Å²) in [6, 6.07) is 4.13. The fraction of sp³-hybridized carbons (Fsp3) is 0.500. The van der Waals surface area contributed by atoms with Gasteiger partial charge in [0.15, 0.2) is 0 Å². The zero-order valence-corrected chi connectivity index (χ0v) is 7.16. The molecule has 1 aliphatic carbocycles. The van der Waals surface area contributed by atoms with Crippen LogP contribution in [0.3, 0.4) is 0 Å². The third-order valence-electron chi connectivity index (χ3n) is 2.98. The average Bonchev–Trinajstić information content (AvgIpc) is 2.05. The maximum absolute atomic E-state index is 5.77. The number of nitrogens with two attached hydrogens (primary N) is 1. The number of nitrogens with zero attached hydrogens (tertiary/aromatic N) is 1. The summed E-state index contributed by atoms with van der Waals surface area (Å²) < 4.78 is 0. The molecular formula is C10H14N2. The van der Waals surface area contributed by atoms with Gasteiger partial charge in [0.05, 0.1) is 0 Å². The molecule has 64 valence electrons. The Balaban J connectivity index is 2.28. The number of aromatic nitrogens is 1. The lowest BCUT2D eigenvalue weighted by molar-refractivity contribution is 0.252. The first-order valence-corrected chi connectivity index (χ1v) is 4.48. The first-order valence-electron chi connectivity index (χ1n) is 4.48. The second-order valence-electron chi connectivity index (χ2n) is 3.58. The first kappa shape index (κ1) is 7.74. The van der Waals surface area contributed by atoms with Crippen LogP contribution in [0.25, 0.3) is 0 Å². The molecule has 2 heteroatoms. The predicted molar refractivity (Wildman–Crippen MR) is 48.8 cm³/mol. The summed E-state index contributed by atoms with van der Waals surface area (Å²) >= 11 is 0. The molecule has 0 unspecified atom stereocenters. The van der Waals surface area contributed by atoms with E-state index in [4.69, 9.17) is 5.73 Å². The van der Waals surface area contributed by atoms with Crippen LogP contribution in [-0.2, 0) is 5.41 Å². The van der Waals surface area contributed by atoms with E-state index in [-0.39, 0.29) is 5.41 Å². The maximum atomic E-state index is 5.77. The van der Waals surface area contributed by atoms with Crippen LogP contribution >= 0.6 is 0 Å². The van der Waals surface area contributed by atoms with Gasteiger partial charge in [-0.1, -0.05) is 12.5 Å². The first-order chi connectivity index (χ1) is 5.87. The zero-order chi connectivity index (χ0) is 8.44. The van der Waals surface area contributed by atoms with Crippen molar-refractivity contribution in [2.45, 2.75) is 24.7 Å². The summed E-state index contributed by atoms with van der Waals surface area (Å²) in [5.41, 5.74) is 7.36. The molecule has 0 atom stereocenters. The highest BCUT2D eigenvalue weighted by molar-refractivity contribution is 5.25. The summed E-state index contributed by atoms with van der Waals surface area (Å²) in [6.45, 7) is 0.763. The van der Waals surface area contributed by atoms with Gasteiger partial charge in [0.1, 0.15) is 0 Å². The summed E-state index contributed by atoms with van der Waals surface area (Å²) in [6.07, 6.45) is 7.54. The van der Waals surface area contributed by atoms with Gasteiger partial charge in [0, 0.05) is 24.4 Å². The van der Waals surface area contributed by atoms with Crippen LogP contribution in [-0.4, -0.2) is 11.5 Å². The third kappa shape index (κ3) is 1.03. The minimum absolute atomic E-state index is 0.272. The van der Waals surface area contributed by atoms with Gasteiger partial charge in [-0.05, 0) is 24.5 Å². The number of hydrogen-bond donors (Lipinski definition) is 1. The van der Waals surface area contributed by atoms with Crippen molar-refractivity contribution in [3.63, 3.8) is 0 Å². The molecule has 0 amide bonds. The maximum Gasteiger partial charge on any atom is 0.0306 e. The Labute approximate surface area is 72.8 Å². The number of hydrogen-bond acceptors (Lipinski definition) is 2. The minimum atomic E-state index is 0.272. The van der Waals surface area contributed by atoms with Gasteiger partial charge in [-0.2, -0.15) is 0 Å². The molecule has 0 aliphatic heterocycles. The van der Waals surface area contributed by atoms with Crippen molar-refractivity contribution in [3.05, 3.63) is 30.1 Å². The van der Waals surface area contributed by atoms with E-state index in [1.165, 1.54) is 24.8 Å². The lowest BCUT2D eigenvalue weighted by Crippen LogP contribution is -2.41. The highest BCUT2D eigenvalue weighted by Gasteiger charge is 2.37. The molecule has 12 heavy (non-hydrogen) atoms. The van der Waals surface area contributed by atoms with Gasteiger partial charge < -0.3 is 5.73 Å². The van der Waals surface area contributed by atoms with Crippen LogP contribution in [0.15, 0.2) is 24.5 Å². The Bertz CT molecular complexity index is 246. The van der Waals surface area contributed by atoms with Crippen LogP contribution in [0, 0.1) is 0 Å². The summed E-state index contributed by atoms with van der Waals surface area (Å²) in [5.74, 6) is 0. The van der Waals surface area contributed by atoms with Crippen molar-refractivity contribution >= 4 is 0 Å². The Morgan fingerprint density at radius 3 is 2.75 bits per heavy atom. The van der Waals surface area contributed by atoms with E-state index in [1.54, 1.807) is 0 Å². The Morgan fingerprint density at radius 1 is 1.50 bits per heavy atom. The van der Waals surface area contributed by atoms with Crippen molar-refractivity contribution in [2.75, 3.05) is 6.54 Å². The largest absolute Gasteiger partial charge is 0.330 e. The van der Waals surface area contributed by atoms with Crippen molar-refractivity contribution in [1.82, 2.24) is 4.98 Å². The van der Waals surface area contributed by atoms with Crippen molar-refractivity contribution in [1.29, 1.82) is 0 Å². The van der Waals surface area contributed by atoms with Gasteiger partial charge in [-0.25, -0.2) is 0 Å². The molecule has 0 radical (unpaired) electrons. The molecular weight excluding hydrogens is 148 g/mol. The molecule has 0 saturated heterocycles. The van der Waals surface area contributed by atoms with Crippen LogP contribution < -0.4 is 5.73 Å². The van der Waals surface area contributed by atoms with Crippen LogP contribution in [0.5, 0.6) is 0 Å². The van der Waals surface area contributed by atoms with Crippen molar-refractivity contribution in [3.8, 4) is 0 Å². The average molecular weight is 162 g/mol. The van der Waals surface area contributed by atoms with Crippen LogP contribution in [0.1, 0.15) is 24.8 Å². The van der Waals surface area contributed by atoms with E-state index in [1.807, 2.05) is 18.5 Å². The van der Waals surface area contributed by atoms with E-state index in [0.717, 1.165) is 6.54 Å². The smallest absolute Gasteiger partial charge is 0.0306 e. The van der Waals surface area contributed by atoms with Gasteiger partial charge in [0.25, 0.3) is 0 Å². The van der Waals surface area contributed by atoms with E-state index < -0.39 is 0 Å². The SMILES string of the molecule is NCC1(c2cccnc2)CCC1. The quantitative estimate of drug-likeness (QED) is 0.715. The molecule has 1 aromatic rings. The van der Waals surface area contributed by atoms with E-state index in [0.29, 0.717) is 0 Å². The standard InChI is InChI=1S/C10H14N2/c11-8-10(4-2-5-10)9-3-1-6-12-7-9/h1,3,6-7H,2,4-5,8,11H2. The van der Waals surface area contributed by atoms with Gasteiger partial charge in [-0.15, -0.1) is 0 Å². The molecule has 1 aromatic heterocycles. The van der Waals surface area contributed by atoms with E-state index in [9.17, 15) is 0 Å². The predicted octanol–water partition coefficient (Wildman–Crippen LogP) is 1.46. The monoisotopic (exact) mass is 162 g/mol. The molecule has 0 bridgehead atoms. The number of rotatable bonds is 2. The van der Waals surface area contributed by atoms with E-state index >= 15 is 0 Å². The molecule has 2 N–H and O–H groups in total. The fourth-order valence-electron chi connectivity index (χ4n) is 1.89. The molecule has 1 aliphatic rings. The van der Waals surface area contributed by atoms with Crippen LogP contribution in [0.4, 0.5) is 0 Å². The zero-order valence-electron chi connectivity index (χ0n) is 7.16. The molecule has 0 spiro atoms.